The topological polar surface area (TPSA) is 74.3 Å². The van der Waals surface area contributed by atoms with Crippen LogP contribution in [-0.2, 0) is 6.54 Å². The zero-order chi connectivity index (χ0) is 22.8. The lowest BCUT2D eigenvalue weighted by atomic mass is 10.0. The normalized spacial score (nSPS) is 11.0. The molecule has 0 radical (unpaired) electrons. The van der Waals surface area contributed by atoms with Crippen LogP contribution in [0, 0.1) is 11.3 Å². The first-order valence-electron chi connectivity index (χ1n) is 9.75. The van der Waals surface area contributed by atoms with Crippen LogP contribution in [0.5, 0.6) is 5.75 Å². The zero-order valence-electron chi connectivity index (χ0n) is 17.7. The molecular weight excluding hydrogens is 447 g/mol. The monoisotopic (exact) mass is 466 g/mol. The maximum Gasteiger partial charge on any atom is 0.139 e. The van der Waals surface area contributed by atoms with Crippen molar-refractivity contribution in [1.82, 2.24) is 9.88 Å². The van der Waals surface area contributed by atoms with Crippen LogP contribution in [0.2, 0.25) is 10.0 Å². The van der Waals surface area contributed by atoms with Crippen molar-refractivity contribution in [3.63, 3.8) is 0 Å². The Kier molecular flexibility index (Phi) is 6.24. The molecule has 0 aliphatic rings. The van der Waals surface area contributed by atoms with Crippen LogP contribution >= 0.6 is 23.2 Å². The van der Waals surface area contributed by atoms with Gasteiger partial charge in [0.1, 0.15) is 17.6 Å². The number of aromatic nitrogens is 1. The summed E-state index contributed by atoms with van der Waals surface area (Å²) < 4.78 is 11.0. The number of rotatable bonds is 6. The van der Waals surface area contributed by atoms with Gasteiger partial charge in [0.25, 0.3) is 0 Å². The number of benzene rings is 2. The molecule has 162 valence electrons. The van der Waals surface area contributed by atoms with Gasteiger partial charge in [0, 0.05) is 23.2 Å². The van der Waals surface area contributed by atoms with Crippen LogP contribution in [0.15, 0.2) is 53.3 Å². The quantitative estimate of drug-likeness (QED) is 0.350. The third-order valence-electron chi connectivity index (χ3n) is 4.95. The van der Waals surface area contributed by atoms with Crippen molar-refractivity contribution in [2.45, 2.75) is 6.54 Å². The van der Waals surface area contributed by atoms with Gasteiger partial charge in [-0.15, -0.1) is 0 Å². The number of nitrogens with one attached hydrogen (secondary N) is 1. The van der Waals surface area contributed by atoms with E-state index in [-0.39, 0.29) is 0 Å². The molecule has 0 amide bonds. The van der Waals surface area contributed by atoms with Gasteiger partial charge < -0.3 is 19.4 Å². The first-order valence-corrected chi connectivity index (χ1v) is 10.5. The average Bonchev–Trinajstić information content (AvgIpc) is 3.23. The van der Waals surface area contributed by atoms with Gasteiger partial charge in [-0.05, 0) is 37.9 Å². The van der Waals surface area contributed by atoms with E-state index in [4.69, 9.17) is 32.4 Å². The summed E-state index contributed by atoms with van der Waals surface area (Å²) in [6, 6.07) is 13.4. The minimum atomic E-state index is 0.395. The maximum atomic E-state index is 9.65. The molecule has 32 heavy (non-hydrogen) atoms. The van der Waals surface area contributed by atoms with Gasteiger partial charge in [0.05, 0.1) is 52.4 Å². The third-order valence-corrected chi connectivity index (χ3v) is 5.56. The van der Waals surface area contributed by atoms with Crippen molar-refractivity contribution in [1.29, 1.82) is 5.26 Å². The molecule has 0 aliphatic heterocycles. The third kappa shape index (κ3) is 4.37. The molecule has 1 N–H and O–H groups in total. The van der Waals surface area contributed by atoms with E-state index >= 15 is 0 Å². The Morgan fingerprint density at radius 1 is 1.12 bits per heavy atom. The van der Waals surface area contributed by atoms with E-state index in [1.54, 1.807) is 24.6 Å². The lowest BCUT2D eigenvalue weighted by molar-refractivity contribution is 0.350. The molecule has 2 heterocycles. The lowest BCUT2D eigenvalue weighted by Crippen LogP contribution is -2.09. The largest absolute Gasteiger partial charge is 0.495 e. The number of nitriles is 1. The van der Waals surface area contributed by atoms with Crippen molar-refractivity contribution in [3.05, 3.63) is 70.2 Å². The molecule has 8 heteroatoms. The molecule has 6 nitrogen and oxygen atoms in total. The second kappa shape index (κ2) is 9.09. The fraction of sp³-hybridized carbons (Fsp3) is 0.167. The summed E-state index contributed by atoms with van der Waals surface area (Å²) in [7, 11) is 5.51. The van der Waals surface area contributed by atoms with Crippen molar-refractivity contribution in [2.24, 2.45) is 0 Å². The van der Waals surface area contributed by atoms with E-state index < -0.39 is 0 Å². The van der Waals surface area contributed by atoms with Gasteiger partial charge >= 0.3 is 0 Å². The number of hydrogen-bond donors (Lipinski definition) is 1. The maximum absolute atomic E-state index is 9.65. The van der Waals surface area contributed by atoms with Crippen molar-refractivity contribution in [2.75, 3.05) is 26.5 Å². The SMILES string of the molecule is COc1cc(Nc2c(C#N)cnc3cc(-c4coc(CN(C)C)c4)ccc23)c(Cl)cc1Cl. The molecule has 0 bridgehead atoms. The molecule has 0 saturated carbocycles. The Morgan fingerprint density at radius 2 is 1.94 bits per heavy atom. The Labute approximate surface area is 195 Å². The van der Waals surface area contributed by atoms with Gasteiger partial charge in [-0.1, -0.05) is 35.3 Å². The Balaban J connectivity index is 1.76. The number of ether oxygens (including phenoxy) is 1. The van der Waals surface area contributed by atoms with E-state index in [1.165, 1.54) is 7.11 Å². The van der Waals surface area contributed by atoms with Crippen LogP contribution in [-0.4, -0.2) is 31.1 Å². The molecule has 4 aromatic rings. The van der Waals surface area contributed by atoms with Crippen LogP contribution in [0.25, 0.3) is 22.0 Å². The van der Waals surface area contributed by atoms with Crippen molar-refractivity contribution in [3.8, 4) is 22.9 Å². The molecule has 0 unspecified atom stereocenters. The molecular formula is C24H20Cl2N4O2. The zero-order valence-corrected chi connectivity index (χ0v) is 19.3. The molecule has 2 aromatic heterocycles. The molecule has 0 atom stereocenters. The van der Waals surface area contributed by atoms with Crippen LogP contribution in [0.4, 0.5) is 11.4 Å². The van der Waals surface area contributed by atoms with Gasteiger partial charge in [-0.2, -0.15) is 5.26 Å². The Hall–Kier alpha value is -3.24. The number of anilines is 2. The highest BCUT2D eigenvalue weighted by Crippen LogP contribution is 2.38. The summed E-state index contributed by atoms with van der Waals surface area (Å²) in [5, 5.41) is 14.5. The van der Waals surface area contributed by atoms with Gasteiger partial charge in [-0.3, -0.25) is 4.98 Å². The minimum absolute atomic E-state index is 0.395. The minimum Gasteiger partial charge on any atom is -0.495 e. The van der Waals surface area contributed by atoms with Crippen molar-refractivity contribution < 1.29 is 9.15 Å². The van der Waals surface area contributed by atoms with Crippen molar-refractivity contribution >= 4 is 45.5 Å². The lowest BCUT2D eigenvalue weighted by Gasteiger charge is -2.15. The summed E-state index contributed by atoms with van der Waals surface area (Å²) in [6.07, 6.45) is 3.28. The van der Waals surface area contributed by atoms with Gasteiger partial charge in [0.15, 0.2) is 0 Å². The summed E-state index contributed by atoms with van der Waals surface area (Å²) in [4.78, 5) is 6.53. The Bertz CT molecular complexity index is 1340. The fourth-order valence-corrected chi connectivity index (χ4v) is 3.94. The van der Waals surface area contributed by atoms with Crippen LogP contribution in [0.1, 0.15) is 11.3 Å². The molecule has 0 saturated heterocycles. The van der Waals surface area contributed by atoms with Gasteiger partial charge in [0.2, 0.25) is 0 Å². The number of hydrogen-bond acceptors (Lipinski definition) is 6. The van der Waals surface area contributed by atoms with E-state index in [0.717, 1.165) is 34.3 Å². The second-order valence-corrected chi connectivity index (χ2v) is 8.34. The number of fused-ring (bicyclic) bond motifs is 1. The number of pyridine rings is 1. The second-order valence-electron chi connectivity index (χ2n) is 7.52. The summed E-state index contributed by atoms with van der Waals surface area (Å²) in [5.41, 5.74) is 4.25. The molecule has 0 fully saturated rings. The number of halogens is 2. The summed E-state index contributed by atoms with van der Waals surface area (Å²) >= 11 is 12.5. The van der Waals surface area contributed by atoms with Crippen LogP contribution < -0.4 is 10.1 Å². The summed E-state index contributed by atoms with van der Waals surface area (Å²) in [5.74, 6) is 1.36. The first kappa shape index (κ1) is 22.0. The van der Waals surface area contributed by atoms with E-state index in [1.807, 2.05) is 43.3 Å². The number of nitrogens with zero attached hydrogens (tertiary/aromatic N) is 3. The standard InChI is InChI=1S/C24H20Cl2N4O2/c1-30(2)12-17-6-15(13-32-17)14-4-5-18-21(7-14)28-11-16(10-27)24(18)29-22-9-23(31-3)20(26)8-19(22)25/h4-9,11,13H,12H2,1-3H3,(H,28,29). The number of methoxy groups -OCH3 is 1. The van der Waals surface area contributed by atoms with Gasteiger partial charge in [-0.25, -0.2) is 0 Å². The molecule has 0 aliphatic carbocycles. The molecule has 0 spiro atoms. The van der Waals surface area contributed by atoms with E-state index in [2.05, 4.69) is 16.4 Å². The predicted octanol–water partition coefficient (Wildman–Crippen LogP) is 6.49. The average molecular weight is 467 g/mol. The highest BCUT2D eigenvalue weighted by atomic mass is 35.5. The molecule has 2 aromatic carbocycles. The summed E-state index contributed by atoms with van der Waals surface area (Å²) in [6.45, 7) is 0.719. The fourth-order valence-electron chi connectivity index (χ4n) is 3.44. The van der Waals surface area contributed by atoms with E-state index in [9.17, 15) is 5.26 Å². The smallest absolute Gasteiger partial charge is 0.139 e. The highest BCUT2D eigenvalue weighted by Gasteiger charge is 2.15. The Morgan fingerprint density at radius 3 is 2.66 bits per heavy atom. The predicted molar refractivity (Wildman–Crippen MR) is 128 cm³/mol. The first-order chi connectivity index (χ1) is 15.4. The van der Waals surface area contributed by atoms with E-state index in [0.29, 0.717) is 32.7 Å². The molecule has 4 rings (SSSR count). The highest BCUT2D eigenvalue weighted by molar-refractivity contribution is 6.37. The number of furan rings is 1. The van der Waals surface area contributed by atoms with Crippen LogP contribution in [0.3, 0.4) is 0 Å².